The van der Waals surface area contributed by atoms with Gasteiger partial charge in [0, 0.05) is 0 Å². The van der Waals surface area contributed by atoms with E-state index in [9.17, 15) is 4.79 Å². The van der Waals surface area contributed by atoms with Crippen molar-refractivity contribution in [2.24, 2.45) is 0 Å². The molecule has 0 saturated carbocycles. The van der Waals surface area contributed by atoms with Crippen LogP contribution >= 0.6 is 11.3 Å². The highest BCUT2D eigenvalue weighted by atomic mass is 32.1. The van der Waals surface area contributed by atoms with Crippen molar-refractivity contribution in [2.75, 3.05) is 5.73 Å². The molecule has 0 aliphatic carbocycles. The summed E-state index contributed by atoms with van der Waals surface area (Å²) < 4.78 is 5.16. The van der Waals surface area contributed by atoms with Crippen LogP contribution in [0.5, 0.6) is 0 Å². The van der Waals surface area contributed by atoms with Crippen LogP contribution < -0.4 is 5.73 Å². The summed E-state index contributed by atoms with van der Waals surface area (Å²) in [5.41, 5.74) is 7.77. The van der Waals surface area contributed by atoms with Crippen LogP contribution in [0.4, 0.5) is 5.69 Å². The van der Waals surface area contributed by atoms with Crippen LogP contribution in [0.3, 0.4) is 0 Å². The van der Waals surface area contributed by atoms with Gasteiger partial charge < -0.3 is 15.6 Å². The first-order chi connectivity index (χ1) is 8.70. The number of benzene rings is 1. The molecule has 0 spiro atoms. The number of thiophene rings is 1. The number of hydrogen-bond donors (Lipinski definition) is 2. The zero-order valence-electron chi connectivity index (χ0n) is 9.63. The van der Waals surface area contributed by atoms with Gasteiger partial charge in [0.2, 0.25) is 0 Å². The topological polar surface area (TPSA) is 72.6 Å². The van der Waals surface area contributed by atoms with E-state index in [1.54, 1.807) is 23.6 Å². The maximum absolute atomic E-state index is 11.7. The highest BCUT2D eigenvalue weighted by molar-refractivity contribution is 7.12. The third kappa shape index (κ3) is 2.88. The average Bonchev–Trinajstić information content (AvgIpc) is 2.83. The van der Waals surface area contributed by atoms with E-state index in [1.165, 1.54) is 11.3 Å². The molecule has 1 heterocycles. The number of anilines is 1. The van der Waals surface area contributed by atoms with Crippen molar-refractivity contribution in [1.82, 2.24) is 0 Å². The van der Waals surface area contributed by atoms with Gasteiger partial charge in [-0.25, -0.2) is 4.79 Å². The van der Waals surface area contributed by atoms with Gasteiger partial charge >= 0.3 is 5.97 Å². The molecule has 0 saturated heterocycles. The quantitative estimate of drug-likeness (QED) is 0.829. The van der Waals surface area contributed by atoms with Gasteiger partial charge in [-0.2, -0.15) is 0 Å². The lowest BCUT2D eigenvalue weighted by Gasteiger charge is -2.05. The Hall–Kier alpha value is -1.85. The Morgan fingerprint density at radius 2 is 1.89 bits per heavy atom. The molecule has 0 atom stereocenters. The second-order valence-corrected chi connectivity index (χ2v) is 4.67. The number of carbonyl (C=O) groups excluding carboxylic acids is 1. The summed E-state index contributed by atoms with van der Waals surface area (Å²) in [6.45, 7) is 0.202. The van der Waals surface area contributed by atoms with Gasteiger partial charge in [-0.3, -0.25) is 0 Å². The second kappa shape index (κ2) is 5.66. The summed E-state index contributed by atoms with van der Waals surface area (Å²) in [4.78, 5) is 12.1. The van der Waals surface area contributed by atoms with E-state index in [1.807, 2.05) is 12.1 Å². The van der Waals surface area contributed by atoms with Crippen molar-refractivity contribution < 1.29 is 14.6 Å². The van der Waals surface area contributed by atoms with Crippen LogP contribution in [-0.4, -0.2) is 11.1 Å². The molecular weight excluding hydrogens is 250 g/mol. The van der Waals surface area contributed by atoms with Crippen LogP contribution in [0.25, 0.3) is 0 Å². The Kier molecular flexibility index (Phi) is 3.96. The zero-order chi connectivity index (χ0) is 13.0. The van der Waals surface area contributed by atoms with Crippen molar-refractivity contribution in [1.29, 1.82) is 0 Å². The lowest BCUT2D eigenvalue weighted by Crippen LogP contribution is -2.05. The molecule has 0 fully saturated rings. The highest BCUT2D eigenvalue weighted by Gasteiger charge is 2.12. The summed E-state index contributed by atoms with van der Waals surface area (Å²) in [5.74, 6) is -0.409. The summed E-state index contributed by atoms with van der Waals surface area (Å²) in [5, 5.41) is 10.7. The first kappa shape index (κ1) is 12.6. The minimum atomic E-state index is -0.409. The highest BCUT2D eigenvalue weighted by Crippen LogP contribution is 2.20. The number of aliphatic hydroxyl groups excluding tert-OH is 1. The largest absolute Gasteiger partial charge is 0.457 e. The lowest BCUT2D eigenvalue weighted by molar-refractivity contribution is 0.0479. The molecule has 94 valence electrons. The lowest BCUT2D eigenvalue weighted by atomic mass is 10.1. The smallest absolute Gasteiger partial charge is 0.350 e. The minimum absolute atomic E-state index is 0.00575. The fourth-order valence-electron chi connectivity index (χ4n) is 1.44. The molecule has 0 amide bonds. The predicted octanol–water partition coefficient (Wildman–Crippen LogP) is 2.18. The van der Waals surface area contributed by atoms with Gasteiger partial charge in [-0.1, -0.05) is 24.3 Å². The fraction of sp³-hybridized carbons (Fsp3) is 0.154. The third-order valence-electron chi connectivity index (χ3n) is 2.46. The molecule has 2 rings (SSSR count). The molecule has 5 heteroatoms. The number of nitrogen functional groups attached to an aromatic ring is 1. The Balaban J connectivity index is 1.95. The minimum Gasteiger partial charge on any atom is -0.457 e. The first-order valence-corrected chi connectivity index (χ1v) is 6.27. The summed E-state index contributed by atoms with van der Waals surface area (Å²) in [6, 6.07) is 8.90. The molecule has 0 aliphatic rings. The van der Waals surface area contributed by atoms with Crippen LogP contribution in [0, 0.1) is 0 Å². The SMILES string of the molecule is Nc1ccsc1C(=O)OCc1ccc(CO)cc1. The van der Waals surface area contributed by atoms with E-state index in [-0.39, 0.29) is 13.2 Å². The molecule has 3 N–H and O–H groups in total. The summed E-state index contributed by atoms with van der Waals surface area (Å²) in [6.07, 6.45) is 0. The van der Waals surface area contributed by atoms with Crippen molar-refractivity contribution in [3.8, 4) is 0 Å². The fourth-order valence-corrected chi connectivity index (χ4v) is 2.15. The molecule has 18 heavy (non-hydrogen) atoms. The molecule has 2 aromatic rings. The van der Waals surface area contributed by atoms with E-state index in [0.29, 0.717) is 10.6 Å². The van der Waals surface area contributed by atoms with E-state index in [2.05, 4.69) is 0 Å². The molecule has 4 nitrogen and oxygen atoms in total. The Labute approximate surface area is 109 Å². The van der Waals surface area contributed by atoms with Gasteiger partial charge in [-0.15, -0.1) is 11.3 Å². The summed E-state index contributed by atoms with van der Waals surface area (Å²) >= 11 is 1.27. The number of rotatable bonds is 4. The van der Waals surface area contributed by atoms with Gasteiger partial charge in [0.1, 0.15) is 11.5 Å². The molecule has 1 aromatic heterocycles. The van der Waals surface area contributed by atoms with E-state index < -0.39 is 5.97 Å². The first-order valence-electron chi connectivity index (χ1n) is 5.39. The van der Waals surface area contributed by atoms with E-state index in [4.69, 9.17) is 15.6 Å². The molecule has 0 bridgehead atoms. The normalized spacial score (nSPS) is 10.3. The number of aliphatic hydroxyl groups is 1. The number of ether oxygens (including phenoxy) is 1. The van der Waals surface area contributed by atoms with Crippen molar-refractivity contribution in [3.05, 3.63) is 51.7 Å². The van der Waals surface area contributed by atoms with Gasteiger partial charge in [-0.05, 0) is 22.6 Å². The maximum atomic E-state index is 11.7. The Bertz CT molecular complexity index is 533. The van der Waals surface area contributed by atoms with E-state index >= 15 is 0 Å². The molecule has 0 unspecified atom stereocenters. The van der Waals surface area contributed by atoms with Crippen LogP contribution in [0.1, 0.15) is 20.8 Å². The summed E-state index contributed by atoms with van der Waals surface area (Å²) in [7, 11) is 0. The molecule has 0 aliphatic heterocycles. The average molecular weight is 263 g/mol. The monoisotopic (exact) mass is 263 g/mol. The second-order valence-electron chi connectivity index (χ2n) is 3.76. The number of hydrogen-bond acceptors (Lipinski definition) is 5. The van der Waals surface area contributed by atoms with Gasteiger partial charge in [0.15, 0.2) is 0 Å². The van der Waals surface area contributed by atoms with Crippen LogP contribution in [0.2, 0.25) is 0 Å². The van der Waals surface area contributed by atoms with Crippen LogP contribution in [0.15, 0.2) is 35.7 Å². The number of carbonyl (C=O) groups is 1. The number of nitrogens with two attached hydrogens (primary N) is 1. The standard InChI is InChI=1S/C13H13NO3S/c14-11-5-6-18-12(11)13(16)17-8-10-3-1-9(7-15)2-4-10/h1-6,15H,7-8,14H2. The van der Waals surface area contributed by atoms with E-state index in [0.717, 1.165) is 11.1 Å². The number of esters is 1. The maximum Gasteiger partial charge on any atom is 0.350 e. The Morgan fingerprint density at radius 1 is 1.22 bits per heavy atom. The Morgan fingerprint density at radius 3 is 2.44 bits per heavy atom. The molecule has 0 radical (unpaired) electrons. The van der Waals surface area contributed by atoms with Gasteiger partial charge in [0.25, 0.3) is 0 Å². The molecule has 1 aromatic carbocycles. The van der Waals surface area contributed by atoms with Crippen molar-refractivity contribution in [3.63, 3.8) is 0 Å². The predicted molar refractivity (Wildman–Crippen MR) is 70.2 cm³/mol. The van der Waals surface area contributed by atoms with Crippen molar-refractivity contribution in [2.45, 2.75) is 13.2 Å². The zero-order valence-corrected chi connectivity index (χ0v) is 10.4. The van der Waals surface area contributed by atoms with Crippen LogP contribution in [-0.2, 0) is 18.0 Å². The molecular formula is C13H13NO3S. The van der Waals surface area contributed by atoms with Gasteiger partial charge in [0.05, 0.1) is 12.3 Å². The third-order valence-corrected chi connectivity index (χ3v) is 3.37. The van der Waals surface area contributed by atoms with Crippen molar-refractivity contribution >= 4 is 23.0 Å².